The Hall–Kier alpha value is -4.62. The minimum absolute atomic E-state index is 0. The Bertz CT molecular complexity index is 1910. The number of nitrogens with one attached hydrogen (secondary N) is 1. The molecule has 60 heavy (non-hydrogen) atoms. The van der Waals surface area contributed by atoms with Gasteiger partial charge in [0, 0.05) is 12.1 Å². The SMILES string of the molecule is CCCNc1cccc(-c2c(C)cc(C)cc2C)n1.CCC[N-]c1cccc(-c2c(C)cc(C)cc2C)n1.CCC[N-]c1cccc(-c2c(C)cc(C)cc2C)n1.[CH3-].[CH3-].[Hf+4]. The van der Waals surface area contributed by atoms with E-state index in [-0.39, 0.29) is 40.7 Å². The molecule has 0 saturated heterocycles. The van der Waals surface area contributed by atoms with Gasteiger partial charge in [-0.15, -0.1) is 0 Å². The van der Waals surface area contributed by atoms with Gasteiger partial charge in [-0.2, -0.15) is 0 Å². The van der Waals surface area contributed by atoms with Crippen LogP contribution in [0.1, 0.15) is 90.1 Å². The van der Waals surface area contributed by atoms with Gasteiger partial charge >= 0.3 is 25.8 Å². The van der Waals surface area contributed by atoms with Gasteiger partial charge in [0.05, 0.1) is 5.69 Å². The van der Waals surface area contributed by atoms with E-state index < -0.39 is 0 Å². The molecule has 0 amide bonds. The minimum Gasteiger partial charge on any atom is -0.466 e. The number of nitrogens with zero attached hydrogens (tertiary/aromatic N) is 5. The van der Waals surface area contributed by atoms with Crippen LogP contribution >= 0.6 is 0 Å². The molecule has 3 aromatic carbocycles. The molecule has 0 unspecified atom stereocenters. The van der Waals surface area contributed by atoms with Crippen molar-refractivity contribution >= 4 is 17.5 Å². The molecule has 0 spiro atoms. The second-order valence-electron chi connectivity index (χ2n) is 15.2. The summed E-state index contributed by atoms with van der Waals surface area (Å²) < 4.78 is 0. The molecule has 0 aliphatic carbocycles. The number of hydrogen-bond acceptors (Lipinski definition) is 4. The molecule has 1 N–H and O–H groups in total. The average Bonchev–Trinajstić information content (AvgIpc) is 3.15. The summed E-state index contributed by atoms with van der Waals surface area (Å²) in [6.45, 7) is 28.3. The van der Waals surface area contributed by atoms with Crippen LogP contribution in [0.15, 0.2) is 91.0 Å². The van der Waals surface area contributed by atoms with Crippen LogP contribution in [0.5, 0.6) is 0 Å². The largest absolute Gasteiger partial charge is 4.00 e. The molecule has 6 nitrogen and oxygen atoms in total. The smallest absolute Gasteiger partial charge is 0.466 e. The molecule has 0 atom stereocenters. The molecule has 6 aromatic rings. The maximum atomic E-state index is 4.72. The van der Waals surface area contributed by atoms with E-state index in [4.69, 9.17) is 4.98 Å². The molecule has 7 heteroatoms. The first-order chi connectivity index (χ1) is 27.3. The number of pyridine rings is 3. The molecule has 3 heterocycles. The Morgan fingerprint density at radius 2 is 0.750 bits per heavy atom. The first-order valence-electron chi connectivity index (χ1n) is 20.6. The number of aromatic nitrogens is 3. The predicted molar refractivity (Wildman–Crippen MR) is 260 cm³/mol. The Labute approximate surface area is 383 Å². The third kappa shape index (κ3) is 15.4. The zero-order valence-electron chi connectivity index (χ0n) is 39.1. The van der Waals surface area contributed by atoms with Crippen molar-refractivity contribution in [3.05, 3.63) is 167 Å². The number of aryl methyl sites for hydroxylation is 9. The molecule has 0 aliphatic heterocycles. The maximum Gasteiger partial charge on any atom is 4.00 e. The number of hydrogen-bond donors (Lipinski definition) is 1. The van der Waals surface area contributed by atoms with Crippen LogP contribution in [-0.2, 0) is 25.8 Å². The van der Waals surface area contributed by atoms with Crippen LogP contribution in [-0.4, -0.2) is 34.6 Å². The molecule has 0 bridgehead atoms. The van der Waals surface area contributed by atoms with E-state index in [1.54, 1.807) is 0 Å². The van der Waals surface area contributed by atoms with Crippen molar-refractivity contribution in [2.24, 2.45) is 0 Å². The molecule has 3 aromatic heterocycles. The van der Waals surface area contributed by atoms with Gasteiger partial charge in [0.15, 0.2) is 0 Å². The van der Waals surface area contributed by atoms with Crippen LogP contribution in [0.4, 0.5) is 17.5 Å². The summed E-state index contributed by atoms with van der Waals surface area (Å²) in [7, 11) is 0. The van der Waals surface area contributed by atoms with Crippen molar-refractivity contribution in [2.75, 3.05) is 25.0 Å². The Balaban J connectivity index is 0.000000439. The normalized spacial score (nSPS) is 10.0. The summed E-state index contributed by atoms with van der Waals surface area (Å²) in [5.74, 6) is 2.62. The second-order valence-corrected chi connectivity index (χ2v) is 15.2. The van der Waals surface area contributed by atoms with E-state index in [0.29, 0.717) is 0 Å². The minimum atomic E-state index is 0. The van der Waals surface area contributed by atoms with Gasteiger partial charge in [0.2, 0.25) is 0 Å². The molecule has 6 rings (SSSR count). The second kappa shape index (κ2) is 26.6. The third-order valence-corrected chi connectivity index (χ3v) is 9.57. The fraction of sp³-hybridized carbons (Fsp3) is 0.340. The summed E-state index contributed by atoms with van der Waals surface area (Å²) in [6, 6.07) is 31.6. The van der Waals surface area contributed by atoms with E-state index in [0.717, 1.165) is 73.4 Å². The Kier molecular flexibility index (Phi) is 23.6. The summed E-state index contributed by atoms with van der Waals surface area (Å²) in [6.07, 6.45) is 3.21. The van der Waals surface area contributed by atoms with Gasteiger partial charge in [-0.1, -0.05) is 154 Å². The van der Waals surface area contributed by atoms with E-state index in [1.165, 1.54) is 66.8 Å². The van der Waals surface area contributed by atoms with Crippen molar-refractivity contribution in [1.29, 1.82) is 0 Å². The van der Waals surface area contributed by atoms with Crippen molar-refractivity contribution in [1.82, 2.24) is 15.0 Å². The maximum absolute atomic E-state index is 4.72. The molecule has 0 aliphatic rings. The number of benzene rings is 3. The summed E-state index contributed by atoms with van der Waals surface area (Å²) in [5, 5.41) is 12.3. The van der Waals surface area contributed by atoms with Gasteiger partial charge in [-0.05, 0) is 137 Å². The standard InChI is InChI=1S/C17H22N2.2C17H21N2.2CH3.Hf/c3*1-5-9-18-16-8-6-7-15(19-16)17-13(3)10-12(2)11-14(17)4;;;/h6-8,10-11H,5,9H2,1-4H3,(H,18,19);2*6-8,10-11H,5,9H2,1-4H3;2*1H3;/q;4*-1;+4. The summed E-state index contributed by atoms with van der Waals surface area (Å²) in [5.41, 5.74) is 18.4. The zero-order valence-corrected chi connectivity index (χ0v) is 42.7. The van der Waals surface area contributed by atoms with Crippen LogP contribution in [0.3, 0.4) is 0 Å². The molecule has 0 fully saturated rings. The predicted octanol–water partition coefficient (Wildman–Crippen LogP) is 15.6. The van der Waals surface area contributed by atoms with Gasteiger partial charge in [0.25, 0.3) is 0 Å². The van der Waals surface area contributed by atoms with Gasteiger partial charge in [-0.3, -0.25) is 0 Å². The Morgan fingerprint density at radius 1 is 0.433 bits per heavy atom. The first-order valence-corrected chi connectivity index (χ1v) is 20.6. The van der Waals surface area contributed by atoms with Gasteiger partial charge < -0.3 is 40.8 Å². The van der Waals surface area contributed by atoms with E-state index in [2.05, 4.69) is 170 Å². The van der Waals surface area contributed by atoms with Crippen LogP contribution < -0.4 is 5.32 Å². The van der Waals surface area contributed by atoms with Gasteiger partial charge in [0.1, 0.15) is 5.82 Å². The van der Waals surface area contributed by atoms with Gasteiger partial charge in [-0.25, -0.2) is 4.98 Å². The average molecular weight is 970 g/mol. The fourth-order valence-corrected chi connectivity index (χ4v) is 7.43. The number of rotatable bonds is 12. The molecular weight excluding hydrogens is 899 g/mol. The fourth-order valence-electron chi connectivity index (χ4n) is 7.43. The first kappa shape index (κ1) is 53.4. The topological polar surface area (TPSA) is 78.9 Å². The van der Waals surface area contributed by atoms with Crippen molar-refractivity contribution in [3.8, 4) is 33.8 Å². The summed E-state index contributed by atoms with van der Waals surface area (Å²) >= 11 is 0. The van der Waals surface area contributed by atoms with Crippen LogP contribution in [0, 0.1) is 77.2 Å². The van der Waals surface area contributed by atoms with Crippen molar-refractivity contribution < 1.29 is 25.8 Å². The monoisotopic (exact) mass is 971 g/mol. The molecular formula is C53H70HfN6. The Morgan fingerprint density at radius 3 is 1.07 bits per heavy atom. The molecule has 316 valence electrons. The van der Waals surface area contributed by atoms with E-state index >= 15 is 0 Å². The quantitative estimate of drug-likeness (QED) is 0.0979. The van der Waals surface area contributed by atoms with Crippen LogP contribution in [0.2, 0.25) is 0 Å². The van der Waals surface area contributed by atoms with E-state index in [1.807, 2.05) is 30.3 Å². The molecule has 0 radical (unpaired) electrons. The van der Waals surface area contributed by atoms with E-state index in [9.17, 15) is 0 Å². The molecule has 0 saturated carbocycles. The third-order valence-electron chi connectivity index (χ3n) is 9.57. The van der Waals surface area contributed by atoms with Crippen molar-refractivity contribution in [2.45, 2.75) is 102 Å². The number of anilines is 1. The van der Waals surface area contributed by atoms with Crippen LogP contribution in [0.25, 0.3) is 44.4 Å². The van der Waals surface area contributed by atoms with Crippen molar-refractivity contribution in [3.63, 3.8) is 0 Å². The zero-order chi connectivity index (χ0) is 41.5. The summed E-state index contributed by atoms with van der Waals surface area (Å²) in [4.78, 5) is 14.1.